The number of allylic oxidation sites excluding steroid dienone is 2. The molecule has 2 heterocycles. The van der Waals surface area contributed by atoms with E-state index in [0.29, 0.717) is 6.54 Å². The van der Waals surface area contributed by atoms with Crippen molar-refractivity contribution in [1.29, 1.82) is 0 Å². The van der Waals surface area contributed by atoms with Gasteiger partial charge in [0.05, 0.1) is 11.8 Å². The number of hydrogen-bond acceptors (Lipinski definition) is 4. The second kappa shape index (κ2) is 7.33. The van der Waals surface area contributed by atoms with Gasteiger partial charge in [-0.05, 0) is 47.9 Å². The highest BCUT2D eigenvalue weighted by molar-refractivity contribution is 6.09. The maximum absolute atomic E-state index is 12.9. The van der Waals surface area contributed by atoms with Crippen LogP contribution < -0.4 is 10.2 Å². The first-order chi connectivity index (χ1) is 15.6. The van der Waals surface area contributed by atoms with Gasteiger partial charge in [-0.25, -0.2) is 0 Å². The Balaban J connectivity index is 1.15. The fourth-order valence-electron chi connectivity index (χ4n) is 6.01. The predicted octanol–water partition coefficient (Wildman–Crippen LogP) is 2.99. The van der Waals surface area contributed by atoms with Crippen LogP contribution in [0.3, 0.4) is 0 Å². The molecule has 0 unspecified atom stereocenters. The Labute approximate surface area is 186 Å². The van der Waals surface area contributed by atoms with E-state index in [1.54, 1.807) is 0 Å². The van der Waals surface area contributed by atoms with Crippen LogP contribution in [0.2, 0.25) is 0 Å². The van der Waals surface area contributed by atoms with Crippen molar-refractivity contribution >= 4 is 29.1 Å². The number of nitrogens with one attached hydrogen (secondary N) is 1. The molecule has 6 rings (SSSR count). The molecule has 2 aliphatic carbocycles. The van der Waals surface area contributed by atoms with Gasteiger partial charge in [0.25, 0.3) is 0 Å². The Kier molecular flexibility index (Phi) is 4.42. The first-order valence-electron chi connectivity index (χ1n) is 11.3. The summed E-state index contributed by atoms with van der Waals surface area (Å²) in [6, 6.07) is 16.1. The Morgan fingerprint density at radius 1 is 0.938 bits per heavy atom. The van der Waals surface area contributed by atoms with Crippen LogP contribution in [0.15, 0.2) is 60.7 Å². The third kappa shape index (κ3) is 2.97. The zero-order valence-electron chi connectivity index (χ0n) is 17.7. The summed E-state index contributed by atoms with van der Waals surface area (Å²) in [5.41, 5.74) is 4.31. The van der Waals surface area contributed by atoms with Gasteiger partial charge in [-0.1, -0.05) is 48.6 Å². The zero-order chi connectivity index (χ0) is 21.8. The second-order valence-corrected chi connectivity index (χ2v) is 9.27. The fourth-order valence-corrected chi connectivity index (χ4v) is 6.01. The van der Waals surface area contributed by atoms with Crippen molar-refractivity contribution in [2.24, 2.45) is 23.7 Å². The van der Waals surface area contributed by atoms with E-state index >= 15 is 0 Å². The number of benzene rings is 2. The molecule has 2 bridgehead atoms. The van der Waals surface area contributed by atoms with E-state index in [4.69, 9.17) is 0 Å². The highest BCUT2D eigenvalue weighted by Gasteiger charge is 2.59. The van der Waals surface area contributed by atoms with Gasteiger partial charge in [0, 0.05) is 24.5 Å². The molecule has 0 radical (unpaired) electrons. The Morgan fingerprint density at radius 2 is 1.62 bits per heavy atom. The number of carbonyl (C=O) groups is 3. The number of imide groups is 1. The summed E-state index contributed by atoms with van der Waals surface area (Å²) in [5, 5.41) is 2.95. The van der Waals surface area contributed by atoms with E-state index in [9.17, 15) is 14.4 Å². The lowest BCUT2D eigenvalue weighted by Gasteiger charge is -2.22. The zero-order valence-corrected chi connectivity index (χ0v) is 17.7. The molecule has 2 fully saturated rings. The monoisotopic (exact) mass is 427 g/mol. The smallest absolute Gasteiger partial charge is 0.244 e. The maximum atomic E-state index is 12.9. The Hall–Kier alpha value is -3.41. The van der Waals surface area contributed by atoms with Crippen molar-refractivity contribution in [3.8, 4) is 0 Å². The van der Waals surface area contributed by atoms with Gasteiger partial charge in [0.1, 0.15) is 6.54 Å². The van der Waals surface area contributed by atoms with Crippen LogP contribution in [0, 0.1) is 23.7 Å². The number of amides is 3. The summed E-state index contributed by atoms with van der Waals surface area (Å²) in [7, 11) is 0. The topological polar surface area (TPSA) is 69.7 Å². The summed E-state index contributed by atoms with van der Waals surface area (Å²) >= 11 is 0. The lowest BCUT2D eigenvalue weighted by molar-refractivity contribution is -0.143. The van der Waals surface area contributed by atoms with E-state index in [2.05, 4.69) is 40.6 Å². The van der Waals surface area contributed by atoms with Crippen molar-refractivity contribution in [2.45, 2.75) is 19.4 Å². The quantitative estimate of drug-likeness (QED) is 0.588. The normalized spacial score (nSPS) is 27.2. The molecule has 1 N–H and O–H groups in total. The molecule has 32 heavy (non-hydrogen) atoms. The Bertz CT molecular complexity index is 1130. The molecule has 2 aromatic rings. The summed E-state index contributed by atoms with van der Waals surface area (Å²) in [5.74, 6) is -0.943. The number of likely N-dealkylation sites (tertiary alicyclic amines) is 1. The molecular formula is C26H25N3O3. The average molecular weight is 428 g/mol. The van der Waals surface area contributed by atoms with Crippen LogP contribution in [0.4, 0.5) is 11.4 Å². The van der Waals surface area contributed by atoms with E-state index in [1.165, 1.54) is 16.2 Å². The van der Waals surface area contributed by atoms with Crippen molar-refractivity contribution in [2.75, 3.05) is 23.3 Å². The first kappa shape index (κ1) is 19.3. The molecule has 2 aromatic carbocycles. The van der Waals surface area contributed by atoms with Crippen LogP contribution in [0.25, 0.3) is 0 Å². The minimum Gasteiger partial charge on any atom is -0.367 e. The van der Waals surface area contributed by atoms with Crippen LogP contribution >= 0.6 is 0 Å². The minimum absolute atomic E-state index is 0.151. The average Bonchev–Trinajstić information content (AvgIpc) is 3.56. The molecule has 1 saturated carbocycles. The molecule has 3 amide bonds. The van der Waals surface area contributed by atoms with Gasteiger partial charge in [0.2, 0.25) is 17.7 Å². The number of rotatable bonds is 5. The van der Waals surface area contributed by atoms with E-state index in [1.807, 2.05) is 30.3 Å². The molecular weight excluding hydrogens is 402 g/mol. The van der Waals surface area contributed by atoms with Crippen LogP contribution in [-0.2, 0) is 27.3 Å². The lowest BCUT2D eigenvalue weighted by atomic mass is 9.85. The Morgan fingerprint density at radius 3 is 2.41 bits per heavy atom. The first-order valence-corrected chi connectivity index (χ1v) is 11.3. The van der Waals surface area contributed by atoms with Gasteiger partial charge in [0.15, 0.2) is 0 Å². The third-order valence-electron chi connectivity index (χ3n) is 7.50. The molecule has 162 valence electrons. The van der Waals surface area contributed by atoms with E-state index < -0.39 is 0 Å². The van der Waals surface area contributed by atoms with Gasteiger partial charge < -0.3 is 10.2 Å². The summed E-state index contributed by atoms with van der Waals surface area (Å²) in [6.07, 6.45) is 6.03. The van der Waals surface area contributed by atoms with Crippen molar-refractivity contribution in [1.82, 2.24) is 4.90 Å². The van der Waals surface area contributed by atoms with Crippen LogP contribution in [0.1, 0.15) is 17.5 Å². The molecule has 6 heteroatoms. The number of hydrogen-bond donors (Lipinski definition) is 1. The van der Waals surface area contributed by atoms with Gasteiger partial charge >= 0.3 is 0 Å². The van der Waals surface area contributed by atoms with Crippen molar-refractivity contribution < 1.29 is 14.4 Å². The highest BCUT2D eigenvalue weighted by Crippen LogP contribution is 2.52. The molecule has 2 aliphatic heterocycles. The van der Waals surface area contributed by atoms with Gasteiger partial charge in [-0.3, -0.25) is 19.3 Å². The van der Waals surface area contributed by atoms with Crippen molar-refractivity contribution in [3.05, 3.63) is 71.8 Å². The predicted molar refractivity (Wildman–Crippen MR) is 121 cm³/mol. The maximum Gasteiger partial charge on any atom is 0.244 e. The summed E-state index contributed by atoms with van der Waals surface area (Å²) in [6.45, 7) is 1.41. The van der Waals surface area contributed by atoms with Crippen LogP contribution in [-0.4, -0.2) is 35.7 Å². The third-order valence-corrected chi connectivity index (χ3v) is 7.50. The molecule has 4 atom stereocenters. The summed E-state index contributed by atoms with van der Waals surface area (Å²) < 4.78 is 0. The lowest BCUT2D eigenvalue weighted by Crippen LogP contribution is -2.39. The highest BCUT2D eigenvalue weighted by atomic mass is 16.2. The SMILES string of the molecule is O=C(CN1C(=O)[C@@H]2[C@H](C1=O)[C@@H]1C=C[C@H]2C1)Nc1ccccc1CN1CCc2ccccc21. The molecule has 6 nitrogen and oxygen atoms in total. The summed E-state index contributed by atoms with van der Waals surface area (Å²) in [4.78, 5) is 42.1. The number of carbonyl (C=O) groups excluding carboxylic acids is 3. The number of nitrogens with zero attached hydrogens (tertiary/aromatic N) is 2. The minimum atomic E-state index is -0.332. The number of para-hydroxylation sites is 2. The number of anilines is 2. The standard InChI is InChI=1S/C26H25N3O3/c30-22(15-29-25(31)23-17-9-10-18(13-17)24(23)26(29)32)27-20-7-3-1-6-19(20)14-28-12-11-16-5-2-4-8-21(16)28/h1-10,17-18,23-24H,11-15H2,(H,27,30)/t17-,18+,23-,24+. The molecule has 1 saturated heterocycles. The molecule has 0 aromatic heterocycles. The second-order valence-electron chi connectivity index (χ2n) is 9.27. The van der Waals surface area contributed by atoms with E-state index in [-0.39, 0.29) is 47.9 Å². The fraction of sp³-hybridized carbons (Fsp3) is 0.346. The molecule has 0 spiro atoms. The molecule has 4 aliphatic rings. The van der Waals surface area contributed by atoms with Gasteiger partial charge in [-0.2, -0.15) is 0 Å². The van der Waals surface area contributed by atoms with Crippen molar-refractivity contribution in [3.63, 3.8) is 0 Å². The van der Waals surface area contributed by atoms with E-state index in [0.717, 1.165) is 30.6 Å². The van der Waals surface area contributed by atoms with Crippen LogP contribution in [0.5, 0.6) is 0 Å². The van der Waals surface area contributed by atoms with Gasteiger partial charge in [-0.15, -0.1) is 0 Å². The largest absolute Gasteiger partial charge is 0.367 e. The number of fused-ring (bicyclic) bond motifs is 6.